The van der Waals surface area contributed by atoms with Crippen LogP contribution in [0.3, 0.4) is 0 Å². The second-order valence-electron chi connectivity index (χ2n) is 5.72. The highest BCUT2D eigenvalue weighted by molar-refractivity contribution is 5.89. The van der Waals surface area contributed by atoms with Crippen molar-refractivity contribution in [3.05, 3.63) is 29.8 Å². The molecule has 7 heteroatoms. The fourth-order valence-corrected chi connectivity index (χ4v) is 1.71. The van der Waals surface area contributed by atoms with Crippen LogP contribution < -0.4 is 10.6 Å². The number of carboxylic acid groups (broad SMARTS) is 1. The molecule has 2 amide bonds. The summed E-state index contributed by atoms with van der Waals surface area (Å²) in [5.41, 5.74) is 0.0392. The van der Waals surface area contributed by atoms with Gasteiger partial charge in [-0.3, -0.25) is 4.79 Å². The molecule has 0 saturated heterocycles. The Bertz CT molecular complexity index is 578. The number of rotatable bonds is 4. The predicted molar refractivity (Wildman–Crippen MR) is 80.5 cm³/mol. The number of nitrogens with one attached hydrogen (secondary N) is 2. The Balaban J connectivity index is 2.94. The van der Waals surface area contributed by atoms with Crippen LogP contribution in [0, 0.1) is 0 Å². The van der Waals surface area contributed by atoms with Crippen molar-refractivity contribution in [1.29, 1.82) is 0 Å². The largest absolute Gasteiger partial charge is 0.479 e. The highest BCUT2D eigenvalue weighted by Gasteiger charge is 2.25. The highest BCUT2D eigenvalue weighted by atomic mass is 16.6. The van der Waals surface area contributed by atoms with Crippen molar-refractivity contribution >= 4 is 23.7 Å². The van der Waals surface area contributed by atoms with Crippen molar-refractivity contribution in [2.75, 3.05) is 5.32 Å². The molecular formula is C15H20N2O5. The fourth-order valence-electron chi connectivity index (χ4n) is 1.71. The van der Waals surface area contributed by atoms with E-state index in [9.17, 15) is 19.5 Å². The third-order valence-electron chi connectivity index (χ3n) is 2.45. The summed E-state index contributed by atoms with van der Waals surface area (Å²) in [6.07, 6.45) is -0.829. The van der Waals surface area contributed by atoms with E-state index < -0.39 is 23.7 Å². The lowest BCUT2D eigenvalue weighted by Gasteiger charge is -2.22. The Kier molecular flexibility index (Phi) is 5.50. The minimum absolute atomic E-state index is 0.274. The van der Waals surface area contributed by atoms with Crippen molar-refractivity contribution in [2.24, 2.45) is 0 Å². The molecule has 120 valence electrons. The topological polar surface area (TPSA) is 105 Å². The summed E-state index contributed by atoms with van der Waals surface area (Å²) in [4.78, 5) is 34.2. The van der Waals surface area contributed by atoms with E-state index in [-0.39, 0.29) is 5.91 Å². The minimum Gasteiger partial charge on any atom is -0.479 e. The molecule has 0 saturated carbocycles. The molecule has 22 heavy (non-hydrogen) atoms. The van der Waals surface area contributed by atoms with Gasteiger partial charge in [0.1, 0.15) is 5.60 Å². The molecule has 0 aliphatic rings. The number of hydrogen-bond acceptors (Lipinski definition) is 4. The summed E-state index contributed by atoms with van der Waals surface area (Å²) in [6, 6.07) is 4.97. The fraction of sp³-hybridized carbons (Fsp3) is 0.400. The number of hydrogen-bond donors (Lipinski definition) is 3. The van der Waals surface area contributed by atoms with Crippen LogP contribution in [-0.4, -0.2) is 28.7 Å². The van der Waals surface area contributed by atoms with Gasteiger partial charge in [0.25, 0.3) is 0 Å². The maximum Gasteiger partial charge on any atom is 0.408 e. The van der Waals surface area contributed by atoms with E-state index in [1.807, 2.05) is 0 Å². The van der Waals surface area contributed by atoms with E-state index in [0.29, 0.717) is 11.3 Å². The Labute approximate surface area is 128 Å². The van der Waals surface area contributed by atoms with Gasteiger partial charge in [-0.1, -0.05) is 12.1 Å². The number of aliphatic carboxylic acids is 1. The van der Waals surface area contributed by atoms with Crippen LogP contribution >= 0.6 is 0 Å². The zero-order chi connectivity index (χ0) is 16.9. The van der Waals surface area contributed by atoms with Gasteiger partial charge in [0.2, 0.25) is 5.91 Å². The average molecular weight is 308 g/mol. The van der Waals surface area contributed by atoms with Crippen molar-refractivity contribution in [3.8, 4) is 0 Å². The van der Waals surface area contributed by atoms with Gasteiger partial charge in [-0.05, 0) is 38.5 Å². The Hall–Kier alpha value is -2.57. The summed E-state index contributed by atoms with van der Waals surface area (Å²) in [7, 11) is 0. The standard InChI is InChI=1S/C15H20N2O5/c1-9(18)16-11-7-5-6-10(8-11)12(13(19)20)17-14(21)22-15(2,3)4/h5-8,12H,1-4H3,(H,16,18)(H,17,21)(H,19,20). The molecule has 0 bridgehead atoms. The Morgan fingerprint density at radius 3 is 2.36 bits per heavy atom. The Morgan fingerprint density at radius 1 is 1.23 bits per heavy atom. The number of alkyl carbamates (subject to hydrolysis) is 1. The summed E-state index contributed by atoms with van der Waals surface area (Å²) in [5.74, 6) is -1.50. The smallest absolute Gasteiger partial charge is 0.408 e. The van der Waals surface area contributed by atoms with E-state index in [4.69, 9.17) is 4.74 Å². The normalized spacial score (nSPS) is 12.2. The van der Waals surface area contributed by atoms with E-state index in [0.717, 1.165) is 0 Å². The van der Waals surface area contributed by atoms with E-state index >= 15 is 0 Å². The monoisotopic (exact) mass is 308 g/mol. The van der Waals surface area contributed by atoms with E-state index in [1.165, 1.54) is 13.0 Å². The quantitative estimate of drug-likeness (QED) is 0.791. The van der Waals surface area contributed by atoms with Crippen LogP contribution in [0.4, 0.5) is 10.5 Å². The third-order valence-corrected chi connectivity index (χ3v) is 2.45. The minimum atomic E-state index is -1.27. The molecule has 0 fully saturated rings. The first-order valence-electron chi connectivity index (χ1n) is 6.68. The van der Waals surface area contributed by atoms with Gasteiger partial charge in [-0.2, -0.15) is 0 Å². The number of carbonyl (C=O) groups is 3. The van der Waals surface area contributed by atoms with Crippen molar-refractivity contribution in [2.45, 2.75) is 39.3 Å². The molecule has 1 aromatic carbocycles. The number of ether oxygens (including phenoxy) is 1. The number of carboxylic acids is 1. The van der Waals surface area contributed by atoms with Gasteiger partial charge in [0.15, 0.2) is 6.04 Å². The third kappa shape index (κ3) is 5.82. The van der Waals surface area contributed by atoms with Crippen LogP contribution in [0.2, 0.25) is 0 Å². The van der Waals surface area contributed by atoms with Gasteiger partial charge >= 0.3 is 12.1 Å². The van der Waals surface area contributed by atoms with Gasteiger partial charge in [0.05, 0.1) is 0 Å². The molecule has 7 nitrogen and oxygen atoms in total. The molecule has 1 aromatic rings. The molecule has 1 atom stereocenters. The molecule has 0 spiro atoms. The number of carbonyl (C=O) groups excluding carboxylic acids is 2. The first-order chi connectivity index (χ1) is 10.1. The first-order valence-corrected chi connectivity index (χ1v) is 6.68. The SMILES string of the molecule is CC(=O)Nc1cccc(C(NC(=O)OC(C)(C)C)C(=O)O)c1. The molecule has 0 aliphatic heterocycles. The molecule has 0 heterocycles. The molecule has 1 rings (SSSR count). The van der Waals surface area contributed by atoms with Gasteiger partial charge in [-0.15, -0.1) is 0 Å². The van der Waals surface area contributed by atoms with Crippen molar-refractivity contribution in [1.82, 2.24) is 5.32 Å². The average Bonchev–Trinajstić information content (AvgIpc) is 2.33. The summed E-state index contributed by atoms with van der Waals surface area (Å²) in [5, 5.41) is 14.1. The summed E-state index contributed by atoms with van der Waals surface area (Å²) in [6.45, 7) is 6.39. The predicted octanol–water partition coefficient (Wildman–Crippen LogP) is 2.30. The molecular weight excluding hydrogens is 288 g/mol. The first kappa shape index (κ1) is 17.5. The van der Waals surface area contributed by atoms with Crippen LogP contribution in [0.1, 0.15) is 39.3 Å². The molecule has 0 radical (unpaired) electrons. The van der Waals surface area contributed by atoms with Crippen LogP contribution in [0.15, 0.2) is 24.3 Å². The molecule has 3 N–H and O–H groups in total. The maximum atomic E-state index is 11.7. The van der Waals surface area contributed by atoms with Crippen molar-refractivity contribution < 1.29 is 24.2 Å². The van der Waals surface area contributed by atoms with Crippen LogP contribution in [0.25, 0.3) is 0 Å². The number of benzene rings is 1. The molecule has 0 aromatic heterocycles. The molecule has 1 unspecified atom stereocenters. The van der Waals surface area contributed by atoms with E-state index in [1.54, 1.807) is 39.0 Å². The maximum absolute atomic E-state index is 11.7. The summed E-state index contributed by atoms with van der Waals surface area (Å²) < 4.78 is 5.05. The van der Waals surface area contributed by atoms with Crippen molar-refractivity contribution in [3.63, 3.8) is 0 Å². The second kappa shape index (κ2) is 6.93. The lowest BCUT2D eigenvalue weighted by molar-refractivity contribution is -0.139. The summed E-state index contributed by atoms with van der Waals surface area (Å²) >= 11 is 0. The molecule has 0 aliphatic carbocycles. The highest BCUT2D eigenvalue weighted by Crippen LogP contribution is 2.19. The number of anilines is 1. The van der Waals surface area contributed by atoms with Crippen LogP contribution in [0.5, 0.6) is 0 Å². The van der Waals surface area contributed by atoms with Gasteiger partial charge in [0, 0.05) is 12.6 Å². The van der Waals surface area contributed by atoms with Gasteiger partial charge < -0.3 is 20.5 Å². The number of amides is 2. The Morgan fingerprint density at radius 2 is 1.86 bits per heavy atom. The second-order valence-corrected chi connectivity index (χ2v) is 5.72. The lowest BCUT2D eigenvalue weighted by Crippen LogP contribution is -2.38. The zero-order valence-corrected chi connectivity index (χ0v) is 13.0. The lowest BCUT2D eigenvalue weighted by atomic mass is 10.1. The van der Waals surface area contributed by atoms with Crippen LogP contribution in [-0.2, 0) is 14.3 Å². The van der Waals surface area contributed by atoms with Gasteiger partial charge in [-0.25, -0.2) is 9.59 Å². The zero-order valence-electron chi connectivity index (χ0n) is 13.0. The van der Waals surface area contributed by atoms with E-state index in [2.05, 4.69) is 10.6 Å².